The molecule has 0 aliphatic carbocycles. The minimum absolute atomic E-state index is 0.327. The van der Waals surface area contributed by atoms with Crippen LogP contribution in [-0.2, 0) is 5.41 Å². The second kappa shape index (κ2) is 6.25. The molecule has 0 N–H and O–H groups in total. The first kappa shape index (κ1) is 17.2. The summed E-state index contributed by atoms with van der Waals surface area (Å²) in [5.74, 6) is -1.22. The highest BCUT2D eigenvalue weighted by Gasteiger charge is 2.40. The van der Waals surface area contributed by atoms with Crippen molar-refractivity contribution in [1.29, 1.82) is 5.26 Å². The number of halogens is 3. The lowest BCUT2D eigenvalue weighted by atomic mass is 9.86. The highest BCUT2D eigenvalue weighted by molar-refractivity contribution is 5.44. The van der Waals surface area contributed by atoms with Crippen LogP contribution in [0.5, 0.6) is 11.5 Å². The van der Waals surface area contributed by atoms with E-state index in [2.05, 4.69) is 0 Å². The molecule has 0 aliphatic heterocycles. The van der Waals surface area contributed by atoms with Crippen LogP contribution in [0.2, 0.25) is 0 Å². The quantitative estimate of drug-likeness (QED) is 0.841. The Bertz CT molecular complexity index is 527. The van der Waals surface area contributed by atoms with Crippen LogP contribution in [0.4, 0.5) is 13.2 Å². The molecule has 3 nitrogen and oxygen atoms in total. The lowest BCUT2D eigenvalue weighted by Crippen LogP contribution is -2.27. The summed E-state index contributed by atoms with van der Waals surface area (Å²) in [5, 5.41) is 8.58. The summed E-state index contributed by atoms with van der Waals surface area (Å²) >= 11 is 0. The predicted octanol–water partition coefficient (Wildman–Crippen LogP) is 4.07. The zero-order chi connectivity index (χ0) is 16.3. The number of nitrogens with zero attached hydrogens (tertiary/aromatic N) is 1. The van der Waals surface area contributed by atoms with Crippen molar-refractivity contribution in [3.8, 4) is 17.6 Å². The van der Waals surface area contributed by atoms with Gasteiger partial charge < -0.3 is 9.47 Å². The number of nitriles is 1. The second-order valence-electron chi connectivity index (χ2n) is 5.65. The molecule has 0 aromatic heterocycles. The van der Waals surface area contributed by atoms with E-state index in [0.29, 0.717) is 11.5 Å². The standard InChI is InChI=1S/C15H18F3NO2/c1-14(2,3)12-7-11(20-4)5-6-13(12)21-9-10(8-19)15(16,17)18/h5-7,10H,9H2,1-4H3. The molecule has 1 atom stereocenters. The van der Waals surface area contributed by atoms with Crippen LogP contribution < -0.4 is 9.47 Å². The van der Waals surface area contributed by atoms with Crippen LogP contribution in [0.1, 0.15) is 26.3 Å². The fraction of sp³-hybridized carbons (Fsp3) is 0.533. The Morgan fingerprint density at radius 2 is 1.86 bits per heavy atom. The molecule has 0 amide bonds. The summed E-state index contributed by atoms with van der Waals surface area (Å²) in [7, 11) is 1.51. The van der Waals surface area contributed by atoms with Gasteiger partial charge in [-0.25, -0.2) is 0 Å². The van der Waals surface area contributed by atoms with E-state index in [0.717, 1.165) is 5.56 Å². The molecule has 1 unspecified atom stereocenters. The summed E-state index contributed by atoms with van der Waals surface area (Å²) in [6.45, 7) is 5.02. The molecule has 116 valence electrons. The topological polar surface area (TPSA) is 42.2 Å². The summed E-state index contributed by atoms with van der Waals surface area (Å²) in [6, 6.07) is 6.12. The molecule has 0 radical (unpaired) electrons. The van der Waals surface area contributed by atoms with Crippen LogP contribution >= 0.6 is 0 Å². The van der Waals surface area contributed by atoms with Gasteiger partial charge >= 0.3 is 6.18 Å². The van der Waals surface area contributed by atoms with Crippen molar-refractivity contribution in [3.05, 3.63) is 23.8 Å². The highest BCUT2D eigenvalue weighted by Crippen LogP contribution is 2.35. The first-order chi connectivity index (χ1) is 9.59. The Hall–Kier alpha value is -1.90. The van der Waals surface area contributed by atoms with Crippen molar-refractivity contribution in [2.75, 3.05) is 13.7 Å². The number of alkyl halides is 3. The Kier molecular flexibility index (Phi) is 5.10. The molecule has 0 bridgehead atoms. The van der Waals surface area contributed by atoms with Gasteiger partial charge in [0.15, 0.2) is 5.92 Å². The number of hydrogen-bond acceptors (Lipinski definition) is 3. The monoisotopic (exact) mass is 301 g/mol. The zero-order valence-corrected chi connectivity index (χ0v) is 12.4. The average molecular weight is 301 g/mol. The molecule has 0 fully saturated rings. The lowest BCUT2D eigenvalue weighted by Gasteiger charge is -2.24. The number of ether oxygens (including phenoxy) is 2. The molecule has 0 heterocycles. The van der Waals surface area contributed by atoms with E-state index in [9.17, 15) is 13.2 Å². The Morgan fingerprint density at radius 1 is 1.24 bits per heavy atom. The summed E-state index contributed by atoms with van der Waals surface area (Å²) in [4.78, 5) is 0. The normalized spacial score (nSPS) is 13.4. The maximum absolute atomic E-state index is 12.6. The molecule has 6 heteroatoms. The van der Waals surface area contributed by atoms with Gasteiger partial charge in [-0.05, 0) is 23.6 Å². The van der Waals surface area contributed by atoms with E-state index in [4.69, 9.17) is 14.7 Å². The van der Waals surface area contributed by atoms with E-state index in [1.54, 1.807) is 18.2 Å². The van der Waals surface area contributed by atoms with E-state index in [1.165, 1.54) is 13.2 Å². The molecule has 0 saturated carbocycles. The van der Waals surface area contributed by atoms with Crippen LogP contribution in [0.15, 0.2) is 18.2 Å². The van der Waals surface area contributed by atoms with Crippen molar-refractivity contribution in [2.24, 2.45) is 5.92 Å². The Morgan fingerprint density at radius 3 is 2.29 bits per heavy atom. The van der Waals surface area contributed by atoms with Crippen LogP contribution in [0, 0.1) is 17.2 Å². The van der Waals surface area contributed by atoms with E-state index in [-0.39, 0.29) is 5.41 Å². The van der Waals surface area contributed by atoms with Crippen LogP contribution in [-0.4, -0.2) is 19.9 Å². The van der Waals surface area contributed by atoms with Gasteiger partial charge in [0.25, 0.3) is 0 Å². The average Bonchev–Trinajstić information content (AvgIpc) is 2.36. The molecular formula is C15H18F3NO2. The van der Waals surface area contributed by atoms with Crippen molar-refractivity contribution >= 4 is 0 Å². The third-order valence-electron chi connectivity index (χ3n) is 2.95. The fourth-order valence-electron chi connectivity index (χ4n) is 1.73. The summed E-state index contributed by atoms with van der Waals surface area (Å²) < 4.78 is 48.0. The highest BCUT2D eigenvalue weighted by atomic mass is 19.4. The maximum Gasteiger partial charge on any atom is 0.407 e. The van der Waals surface area contributed by atoms with Crippen molar-refractivity contribution < 1.29 is 22.6 Å². The molecule has 1 aromatic carbocycles. The van der Waals surface area contributed by atoms with Gasteiger partial charge in [-0.15, -0.1) is 0 Å². The Balaban J connectivity index is 3.01. The van der Waals surface area contributed by atoms with Gasteiger partial charge in [0.05, 0.1) is 13.2 Å². The van der Waals surface area contributed by atoms with Crippen molar-refractivity contribution in [1.82, 2.24) is 0 Å². The first-order valence-corrected chi connectivity index (χ1v) is 6.37. The molecule has 0 spiro atoms. The number of hydrogen-bond donors (Lipinski definition) is 0. The van der Waals surface area contributed by atoms with E-state index < -0.39 is 18.7 Å². The minimum Gasteiger partial charge on any atom is -0.497 e. The number of rotatable bonds is 4. The van der Waals surface area contributed by atoms with Gasteiger partial charge in [-0.2, -0.15) is 18.4 Å². The molecule has 1 aromatic rings. The van der Waals surface area contributed by atoms with Crippen LogP contribution in [0.25, 0.3) is 0 Å². The van der Waals surface area contributed by atoms with Gasteiger partial charge in [0.1, 0.15) is 18.1 Å². The summed E-state index contributed by atoms with van der Waals surface area (Å²) in [5.41, 5.74) is 0.394. The van der Waals surface area contributed by atoms with Crippen LogP contribution in [0.3, 0.4) is 0 Å². The SMILES string of the molecule is COc1ccc(OCC(C#N)C(F)(F)F)c(C(C)(C)C)c1. The third kappa shape index (κ3) is 4.55. The van der Waals surface area contributed by atoms with E-state index >= 15 is 0 Å². The van der Waals surface area contributed by atoms with Gasteiger partial charge in [-0.3, -0.25) is 0 Å². The lowest BCUT2D eigenvalue weighted by molar-refractivity contribution is -0.165. The summed E-state index contributed by atoms with van der Waals surface area (Å²) in [6.07, 6.45) is -4.59. The van der Waals surface area contributed by atoms with Crippen molar-refractivity contribution in [3.63, 3.8) is 0 Å². The number of methoxy groups -OCH3 is 1. The van der Waals surface area contributed by atoms with Gasteiger partial charge in [0.2, 0.25) is 0 Å². The zero-order valence-electron chi connectivity index (χ0n) is 12.4. The molecule has 0 aliphatic rings. The third-order valence-corrected chi connectivity index (χ3v) is 2.95. The molecule has 1 rings (SSSR count). The molecular weight excluding hydrogens is 283 g/mol. The molecule has 0 saturated heterocycles. The predicted molar refractivity (Wildman–Crippen MR) is 72.3 cm³/mol. The smallest absolute Gasteiger partial charge is 0.407 e. The first-order valence-electron chi connectivity index (χ1n) is 6.37. The Labute approximate surface area is 122 Å². The van der Waals surface area contributed by atoms with Gasteiger partial charge in [0, 0.05) is 5.56 Å². The largest absolute Gasteiger partial charge is 0.497 e. The molecule has 21 heavy (non-hydrogen) atoms. The fourth-order valence-corrected chi connectivity index (χ4v) is 1.73. The second-order valence-corrected chi connectivity index (χ2v) is 5.65. The van der Waals surface area contributed by atoms with Crippen molar-refractivity contribution in [2.45, 2.75) is 32.4 Å². The van der Waals surface area contributed by atoms with E-state index in [1.807, 2.05) is 20.8 Å². The number of benzene rings is 1. The van der Waals surface area contributed by atoms with Gasteiger partial charge in [-0.1, -0.05) is 20.8 Å². The maximum atomic E-state index is 12.6. The minimum atomic E-state index is -4.59.